The van der Waals surface area contributed by atoms with Crippen molar-refractivity contribution in [1.29, 1.82) is 0 Å². The van der Waals surface area contributed by atoms with Crippen LogP contribution in [0.15, 0.2) is 60.7 Å². The third kappa shape index (κ3) is 4.29. The van der Waals surface area contributed by atoms with Gasteiger partial charge in [0, 0.05) is 47.9 Å². The topological polar surface area (TPSA) is 88.1 Å². The van der Waals surface area contributed by atoms with Crippen LogP contribution < -0.4 is 33.3 Å². The molecule has 6 nitrogen and oxygen atoms in total. The minimum atomic E-state index is -0.117. The van der Waals surface area contributed by atoms with E-state index in [1.165, 1.54) is 13.8 Å². The molecule has 0 spiro atoms. The minimum absolute atomic E-state index is 0. The first-order valence-electron chi connectivity index (χ1n) is 9.64. The number of nitrogens with zero attached hydrogens (tertiary/aromatic N) is 1. The number of fused-ring (bicyclic) bond motifs is 3. The van der Waals surface area contributed by atoms with Crippen LogP contribution in [0.1, 0.15) is 13.8 Å². The lowest BCUT2D eigenvalue weighted by molar-refractivity contribution is -0.632. The van der Waals surface area contributed by atoms with Gasteiger partial charge in [-0.25, -0.2) is 0 Å². The van der Waals surface area contributed by atoms with Gasteiger partial charge < -0.3 is 28.8 Å². The molecule has 0 fully saturated rings. The molecule has 2 amide bonds. The Balaban J connectivity index is 0.00000272. The molecule has 0 radical (unpaired) electrons. The number of carbonyl (C=O) groups excluding carboxylic acids is 2. The van der Waals surface area contributed by atoms with E-state index in [0.717, 1.165) is 44.3 Å². The number of hydrogen-bond acceptors (Lipinski definition) is 3. The first-order chi connectivity index (χ1) is 14.3. The largest absolute Gasteiger partial charge is 1.00 e. The molecule has 0 bridgehead atoms. The zero-order valence-corrected chi connectivity index (χ0v) is 18.2. The van der Waals surface area contributed by atoms with Crippen molar-refractivity contribution in [1.82, 2.24) is 0 Å². The summed E-state index contributed by atoms with van der Waals surface area (Å²) < 4.78 is 2.10. The first kappa shape index (κ1) is 22.1. The standard InChI is InChI=1S/C24H22N4O2.ClH/c1-14(29)26-18-8-10-20-21-11-9-19(27-15(2)30)13-23(21)28(3)24(22(20)12-18)16-4-6-17(25)7-5-16;/h4-13H,1-3H3,(H3,25,26,27,29,30);1H. The van der Waals surface area contributed by atoms with E-state index in [1.54, 1.807) is 0 Å². The normalized spacial score (nSPS) is 10.5. The number of benzene rings is 3. The van der Waals surface area contributed by atoms with Crippen LogP contribution in [-0.4, -0.2) is 11.8 Å². The number of anilines is 3. The third-order valence-corrected chi connectivity index (χ3v) is 5.08. The van der Waals surface area contributed by atoms with Crippen LogP contribution in [-0.2, 0) is 16.6 Å². The fraction of sp³-hybridized carbons (Fsp3) is 0.125. The van der Waals surface area contributed by atoms with Crippen LogP contribution in [0.3, 0.4) is 0 Å². The highest BCUT2D eigenvalue weighted by Crippen LogP contribution is 2.34. The van der Waals surface area contributed by atoms with Gasteiger partial charge in [-0.05, 0) is 48.5 Å². The number of aromatic nitrogens is 1. The Morgan fingerprint density at radius 2 is 1.32 bits per heavy atom. The van der Waals surface area contributed by atoms with Gasteiger partial charge in [-0.1, -0.05) is 6.07 Å². The summed E-state index contributed by atoms with van der Waals surface area (Å²) in [5.41, 5.74) is 11.0. The second kappa shape index (κ2) is 8.62. The molecule has 1 heterocycles. The molecule has 158 valence electrons. The summed E-state index contributed by atoms with van der Waals surface area (Å²) in [4.78, 5) is 23.1. The summed E-state index contributed by atoms with van der Waals surface area (Å²) >= 11 is 0. The number of amides is 2. The van der Waals surface area contributed by atoms with Gasteiger partial charge in [0.25, 0.3) is 0 Å². The maximum absolute atomic E-state index is 11.6. The molecular weight excluding hydrogens is 412 g/mol. The van der Waals surface area contributed by atoms with E-state index in [-0.39, 0.29) is 24.2 Å². The Kier molecular flexibility index (Phi) is 6.13. The Morgan fingerprint density at radius 1 is 0.774 bits per heavy atom. The fourth-order valence-corrected chi connectivity index (χ4v) is 3.87. The van der Waals surface area contributed by atoms with Crippen LogP contribution in [0.2, 0.25) is 0 Å². The summed E-state index contributed by atoms with van der Waals surface area (Å²) in [6, 6.07) is 19.5. The van der Waals surface area contributed by atoms with Crippen molar-refractivity contribution in [3.63, 3.8) is 0 Å². The van der Waals surface area contributed by atoms with E-state index in [0.29, 0.717) is 5.69 Å². The molecule has 1 aromatic heterocycles. The van der Waals surface area contributed by atoms with Gasteiger partial charge in [0.05, 0.1) is 10.8 Å². The third-order valence-electron chi connectivity index (χ3n) is 5.08. The van der Waals surface area contributed by atoms with Gasteiger partial charge in [0.1, 0.15) is 7.05 Å². The highest BCUT2D eigenvalue weighted by Gasteiger charge is 2.21. The number of nitrogens with one attached hydrogen (secondary N) is 2. The summed E-state index contributed by atoms with van der Waals surface area (Å²) in [6.07, 6.45) is 0. The predicted molar refractivity (Wildman–Crippen MR) is 121 cm³/mol. The van der Waals surface area contributed by atoms with E-state index < -0.39 is 0 Å². The molecule has 0 aliphatic rings. The lowest BCUT2D eigenvalue weighted by Gasteiger charge is -2.12. The predicted octanol–water partition coefficient (Wildman–Crippen LogP) is 0.987. The van der Waals surface area contributed by atoms with Crippen molar-refractivity contribution in [2.24, 2.45) is 7.05 Å². The summed E-state index contributed by atoms with van der Waals surface area (Å²) in [5, 5.41) is 8.83. The fourth-order valence-electron chi connectivity index (χ4n) is 3.87. The number of halogens is 1. The number of hydrogen-bond donors (Lipinski definition) is 3. The molecule has 4 rings (SSSR count). The monoisotopic (exact) mass is 434 g/mol. The first-order valence-corrected chi connectivity index (χ1v) is 9.64. The summed E-state index contributed by atoms with van der Waals surface area (Å²) in [5.74, 6) is -0.231. The molecular formula is C24H23ClN4O2. The lowest BCUT2D eigenvalue weighted by atomic mass is 9.98. The van der Waals surface area contributed by atoms with Crippen molar-refractivity contribution in [2.75, 3.05) is 16.4 Å². The number of aryl methyl sites for hydroxylation is 1. The van der Waals surface area contributed by atoms with Gasteiger partial charge >= 0.3 is 0 Å². The van der Waals surface area contributed by atoms with Crippen LogP contribution in [0, 0.1) is 0 Å². The molecule has 0 unspecified atom stereocenters. The number of nitrogens with two attached hydrogens (primary N) is 1. The highest BCUT2D eigenvalue weighted by atomic mass is 35.5. The second-order valence-electron chi connectivity index (χ2n) is 7.38. The van der Waals surface area contributed by atoms with Crippen molar-refractivity contribution in [3.8, 4) is 11.3 Å². The van der Waals surface area contributed by atoms with Gasteiger partial charge in [0.2, 0.25) is 23.0 Å². The van der Waals surface area contributed by atoms with E-state index in [4.69, 9.17) is 5.73 Å². The highest BCUT2D eigenvalue weighted by molar-refractivity contribution is 6.11. The molecule has 0 saturated heterocycles. The number of rotatable bonds is 3. The van der Waals surface area contributed by atoms with E-state index in [2.05, 4.69) is 15.2 Å². The van der Waals surface area contributed by atoms with Crippen LogP contribution in [0.25, 0.3) is 32.9 Å². The molecule has 0 saturated carbocycles. The molecule has 4 aromatic rings. The number of nitrogen functional groups attached to an aromatic ring is 1. The van der Waals surface area contributed by atoms with Crippen molar-refractivity contribution in [2.45, 2.75) is 13.8 Å². The number of carbonyl (C=O) groups is 2. The van der Waals surface area contributed by atoms with E-state index >= 15 is 0 Å². The van der Waals surface area contributed by atoms with E-state index in [1.807, 2.05) is 67.7 Å². The zero-order valence-electron chi connectivity index (χ0n) is 17.5. The zero-order chi connectivity index (χ0) is 21.4. The van der Waals surface area contributed by atoms with Gasteiger partial charge in [-0.3, -0.25) is 9.59 Å². The van der Waals surface area contributed by atoms with E-state index in [9.17, 15) is 9.59 Å². The smallest absolute Gasteiger partial charge is 0.221 e. The Morgan fingerprint density at radius 3 is 1.90 bits per heavy atom. The number of pyridine rings is 1. The average Bonchev–Trinajstić information content (AvgIpc) is 2.68. The molecule has 0 aliphatic carbocycles. The van der Waals surface area contributed by atoms with Gasteiger partial charge in [-0.2, -0.15) is 4.57 Å². The lowest BCUT2D eigenvalue weighted by Crippen LogP contribution is -3.00. The summed E-state index contributed by atoms with van der Waals surface area (Å²) in [6.45, 7) is 2.99. The molecule has 0 aliphatic heterocycles. The minimum Gasteiger partial charge on any atom is -1.00 e. The Bertz CT molecular complexity index is 1320. The van der Waals surface area contributed by atoms with Gasteiger partial charge in [0.15, 0.2) is 0 Å². The van der Waals surface area contributed by atoms with Gasteiger partial charge in [-0.15, -0.1) is 0 Å². The molecule has 31 heavy (non-hydrogen) atoms. The molecule has 3 aromatic carbocycles. The van der Waals surface area contributed by atoms with Crippen LogP contribution >= 0.6 is 0 Å². The maximum atomic E-state index is 11.6. The summed E-state index contributed by atoms with van der Waals surface area (Å²) in [7, 11) is 2.00. The van der Waals surface area contributed by atoms with Crippen molar-refractivity contribution >= 4 is 50.6 Å². The Hall–Kier alpha value is -3.64. The molecule has 4 N–H and O–H groups in total. The van der Waals surface area contributed by atoms with Crippen LogP contribution in [0.5, 0.6) is 0 Å². The molecule has 0 atom stereocenters. The average molecular weight is 435 g/mol. The maximum Gasteiger partial charge on any atom is 0.221 e. The van der Waals surface area contributed by atoms with Crippen molar-refractivity contribution < 1.29 is 26.6 Å². The van der Waals surface area contributed by atoms with Crippen LogP contribution in [0.4, 0.5) is 17.1 Å². The SMILES string of the molecule is CC(=O)Nc1ccc2c(c1)c(-c1ccc(N)cc1)[n+](C)c1cc(NC(C)=O)ccc21.[Cl-]. The Labute approximate surface area is 186 Å². The van der Waals surface area contributed by atoms with Crippen molar-refractivity contribution in [3.05, 3.63) is 60.7 Å². The second-order valence-corrected chi connectivity index (χ2v) is 7.38. The molecule has 7 heteroatoms. The quantitative estimate of drug-likeness (QED) is 0.255.